The zero-order valence-electron chi connectivity index (χ0n) is 20.4. The van der Waals surface area contributed by atoms with E-state index in [1.54, 1.807) is 21.5 Å². The molecular formula is C26H21F3N6O3S. The summed E-state index contributed by atoms with van der Waals surface area (Å²) in [6.45, 7) is -3.19. The average Bonchev–Trinajstić information content (AvgIpc) is 3.53. The zero-order valence-corrected chi connectivity index (χ0v) is 21.2. The number of sulfonamides is 1. The Hall–Kier alpha value is -4.39. The van der Waals surface area contributed by atoms with Gasteiger partial charge in [0.1, 0.15) is 29.5 Å². The molecule has 3 heterocycles. The first-order valence-electron chi connectivity index (χ1n) is 11.9. The molecule has 1 N–H and O–H groups in total. The van der Waals surface area contributed by atoms with Crippen molar-refractivity contribution in [3.8, 4) is 33.8 Å². The van der Waals surface area contributed by atoms with Crippen molar-refractivity contribution in [3.63, 3.8) is 0 Å². The molecule has 1 fully saturated rings. The number of pyridine rings is 1. The number of imidazole rings is 1. The lowest BCUT2D eigenvalue weighted by atomic mass is 10.1. The molecule has 0 bridgehead atoms. The summed E-state index contributed by atoms with van der Waals surface area (Å²) in [4.78, 5) is 8.98. The van der Waals surface area contributed by atoms with E-state index in [2.05, 4.69) is 24.5 Å². The standard InChI is InChI=1S/C26H21F3N6O3S/c1-34-13-17(12-31-34)15-2-7-22-21(8-15)30-14-35(22)25-10-16(9-24(32-25)33-39(36,37)19-4-5-19)20-6-3-18(27)11-23(20)38-26(28)29/h2-3,6-14,19,26H,4-5H2,1H3,(H,32,33). The zero-order chi connectivity index (χ0) is 27.3. The molecule has 0 unspecified atom stereocenters. The minimum Gasteiger partial charge on any atom is -0.434 e. The summed E-state index contributed by atoms with van der Waals surface area (Å²) in [7, 11) is -1.87. The van der Waals surface area contributed by atoms with Crippen LogP contribution in [-0.2, 0) is 17.1 Å². The molecule has 1 aliphatic rings. The number of hydrogen-bond donors (Lipinski definition) is 1. The van der Waals surface area contributed by atoms with E-state index in [9.17, 15) is 21.6 Å². The minimum atomic E-state index is -3.69. The van der Waals surface area contributed by atoms with Crippen molar-refractivity contribution in [3.05, 3.63) is 73.1 Å². The molecule has 5 aromatic rings. The first-order chi connectivity index (χ1) is 18.7. The van der Waals surface area contributed by atoms with Crippen LogP contribution >= 0.6 is 0 Å². The number of hydrogen-bond acceptors (Lipinski definition) is 6. The first kappa shape index (κ1) is 24.9. The maximum atomic E-state index is 13.9. The van der Waals surface area contributed by atoms with Crippen molar-refractivity contribution in [2.45, 2.75) is 24.7 Å². The molecule has 1 saturated carbocycles. The van der Waals surface area contributed by atoms with Gasteiger partial charge in [0.2, 0.25) is 10.0 Å². The van der Waals surface area contributed by atoms with Crippen LogP contribution in [0, 0.1) is 5.82 Å². The van der Waals surface area contributed by atoms with E-state index in [4.69, 9.17) is 0 Å². The molecule has 39 heavy (non-hydrogen) atoms. The normalized spacial score (nSPS) is 13.8. The molecule has 6 rings (SSSR count). The number of alkyl halides is 2. The number of anilines is 1. The second-order valence-electron chi connectivity index (χ2n) is 9.19. The summed E-state index contributed by atoms with van der Waals surface area (Å²) in [6, 6.07) is 11.8. The molecule has 9 nitrogen and oxygen atoms in total. The summed E-state index contributed by atoms with van der Waals surface area (Å²) in [5, 5.41) is 3.68. The van der Waals surface area contributed by atoms with Crippen LogP contribution in [0.5, 0.6) is 5.75 Å². The SMILES string of the molecule is Cn1cc(-c2ccc3c(c2)ncn3-c2cc(-c3ccc(F)cc3OC(F)F)cc(NS(=O)(=O)C3CC3)n2)cn1. The van der Waals surface area contributed by atoms with Gasteiger partial charge >= 0.3 is 6.61 Å². The summed E-state index contributed by atoms with van der Waals surface area (Å²) >= 11 is 0. The van der Waals surface area contributed by atoms with Gasteiger partial charge in [-0.15, -0.1) is 0 Å². The molecule has 200 valence electrons. The summed E-state index contributed by atoms with van der Waals surface area (Å²) < 4.78 is 75.9. The first-order valence-corrected chi connectivity index (χ1v) is 13.5. The summed E-state index contributed by atoms with van der Waals surface area (Å²) in [5.74, 6) is -0.904. The van der Waals surface area contributed by atoms with E-state index >= 15 is 0 Å². The molecule has 0 amide bonds. The molecule has 3 aromatic heterocycles. The van der Waals surface area contributed by atoms with Crippen molar-refractivity contribution in [2.75, 3.05) is 4.72 Å². The fraction of sp³-hybridized carbons (Fsp3) is 0.192. The highest BCUT2D eigenvalue weighted by molar-refractivity contribution is 7.93. The Bertz CT molecular complexity index is 1820. The summed E-state index contributed by atoms with van der Waals surface area (Å²) in [6.07, 6.45) is 6.23. The van der Waals surface area contributed by atoms with Gasteiger partial charge in [-0.2, -0.15) is 13.9 Å². The fourth-order valence-corrected chi connectivity index (χ4v) is 5.65. The number of benzene rings is 2. The van der Waals surface area contributed by atoms with Crippen LogP contribution in [0.3, 0.4) is 0 Å². The van der Waals surface area contributed by atoms with Gasteiger partial charge in [0, 0.05) is 30.4 Å². The van der Waals surface area contributed by atoms with Crippen molar-refractivity contribution in [2.24, 2.45) is 7.05 Å². The average molecular weight is 555 g/mol. The Balaban J connectivity index is 1.48. The van der Waals surface area contributed by atoms with Crippen LogP contribution in [-0.4, -0.2) is 44.6 Å². The molecule has 13 heteroatoms. The number of nitrogens with zero attached hydrogens (tertiary/aromatic N) is 5. The van der Waals surface area contributed by atoms with E-state index in [0.717, 1.165) is 23.3 Å². The van der Waals surface area contributed by atoms with Crippen LogP contribution in [0.4, 0.5) is 19.0 Å². The van der Waals surface area contributed by atoms with Gasteiger partial charge < -0.3 is 4.74 Å². The van der Waals surface area contributed by atoms with Crippen molar-refractivity contribution in [1.82, 2.24) is 24.3 Å². The molecule has 0 atom stereocenters. The van der Waals surface area contributed by atoms with Gasteiger partial charge in [-0.3, -0.25) is 14.0 Å². The number of rotatable bonds is 8. The maximum absolute atomic E-state index is 13.9. The highest BCUT2D eigenvalue weighted by atomic mass is 32.2. The largest absolute Gasteiger partial charge is 0.434 e. The van der Waals surface area contributed by atoms with Gasteiger partial charge in [-0.05, 0) is 60.4 Å². The van der Waals surface area contributed by atoms with Crippen molar-refractivity contribution < 1.29 is 26.3 Å². The number of nitrogens with one attached hydrogen (secondary N) is 1. The highest BCUT2D eigenvalue weighted by Gasteiger charge is 2.36. The molecule has 0 radical (unpaired) electrons. The van der Waals surface area contributed by atoms with Gasteiger partial charge in [0.15, 0.2) is 0 Å². The van der Waals surface area contributed by atoms with Gasteiger partial charge in [0.25, 0.3) is 0 Å². The molecule has 0 saturated heterocycles. The van der Waals surface area contributed by atoms with E-state index < -0.39 is 33.5 Å². The topological polar surface area (TPSA) is 104 Å². The number of ether oxygens (including phenoxy) is 1. The highest BCUT2D eigenvalue weighted by Crippen LogP contribution is 2.36. The Morgan fingerprint density at radius 1 is 1.05 bits per heavy atom. The van der Waals surface area contributed by atoms with Gasteiger partial charge in [0.05, 0.1) is 22.5 Å². The van der Waals surface area contributed by atoms with Crippen LogP contribution in [0.25, 0.3) is 39.1 Å². The number of halogens is 3. The molecule has 1 aliphatic carbocycles. The van der Waals surface area contributed by atoms with Crippen molar-refractivity contribution >= 4 is 26.9 Å². The third kappa shape index (κ3) is 5.04. The van der Waals surface area contributed by atoms with Crippen LogP contribution in [0.2, 0.25) is 0 Å². The van der Waals surface area contributed by atoms with E-state index in [-0.39, 0.29) is 22.8 Å². The van der Waals surface area contributed by atoms with Crippen molar-refractivity contribution in [1.29, 1.82) is 0 Å². The predicted molar refractivity (Wildman–Crippen MR) is 139 cm³/mol. The number of aromatic nitrogens is 5. The van der Waals surface area contributed by atoms with Crippen LogP contribution in [0.15, 0.2) is 67.3 Å². The Morgan fingerprint density at radius 3 is 2.59 bits per heavy atom. The lowest BCUT2D eigenvalue weighted by molar-refractivity contribution is -0.0496. The van der Waals surface area contributed by atoms with E-state index in [1.165, 1.54) is 18.5 Å². The number of aryl methyl sites for hydroxylation is 1. The molecule has 0 aliphatic heterocycles. The summed E-state index contributed by atoms with van der Waals surface area (Å²) in [5.41, 5.74) is 3.56. The quantitative estimate of drug-likeness (QED) is 0.285. The van der Waals surface area contributed by atoms with Gasteiger partial charge in [-0.25, -0.2) is 22.8 Å². The van der Waals surface area contributed by atoms with Gasteiger partial charge in [-0.1, -0.05) is 6.07 Å². The van der Waals surface area contributed by atoms with E-state index in [1.807, 2.05) is 31.4 Å². The second-order valence-corrected chi connectivity index (χ2v) is 11.1. The smallest absolute Gasteiger partial charge is 0.387 e. The molecule has 2 aromatic carbocycles. The Labute approximate surface area is 220 Å². The lowest BCUT2D eigenvalue weighted by Gasteiger charge is -2.15. The van der Waals surface area contributed by atoms with E-state index in [0.29, 0.717) is 23.9 Å². The minimum absolute atomic E-state index is 0.0180. The predicted octanol–water partition coefficient (Wildman–Crippen LogP) is 5.13. The second kappa shape index (κ2) is 9.42. The third-order valence-electron chi connectivity index (χ3n) is 6.32. The van der Waals surface area contributed by atoms with Crippen LogP contribution < -0.4 is 9.46 Å². The monoisotopic (exact) mass is 554 g/mol. The third-order valence-corrected chi connectivity index (χ3v) is 8.17. The lowest BCUT2D eigenvalue weighted by Crippen LogP contribution is -2.18. The fourth-order valence-electron chi connectivity index (χ4n) is 4.33. The Morgan fingerprint density at radius 2 is 1.87 bits per heavy atom. The van der Waals surface area contributed by atoms with Crippen LogP contribution in [0.1, 0.15) is 12.8 Å². The molecular weight excluding hydrogens is 533 g/mol. The Kier molecular flexibility index (Phi) is 6.02. The maximum Gasteiger partial charge on any atom is 0.387 e. The number of fused-ring (bicyclic) bond motifs is 1. The molecule has 0 spiro atoms.